The summed E-state index contributed by atoms with van der Waals surface area (Å²) in [6.07, 6.45) is 0. The van der Waals surface area contributed by atoms with Crippen LogP contribution in [0, 0.1) is 0 Å². The number of benzene rings is 3. The van der Waals surface area contributed by atoms with E-state index in [9.17, 15) is 4.79 Å². The molecule has 128 valence electrons. The van der Waals surface area contributed by atoms with E-state index in [1.54, 1.807) is 0 Å². The van der Waals surface area contributed by atoms with Gasteiger partial charge in [0, 0.05) is 5.69 Å². The minimum atomic E-state index is -0.264. The third-order valence-corrected chi connectivity index (χ3v) is 4.32. The number of anilines is 1. The van der Waals surface area contributed by atoms with Gasteiger partial charge in [0.1, 0.15) is 0 Å². The standard InChI is InChI=1S/C22H19N3O/c26-22-24-19(16-10-4-1-5-11-16)21(23-18-14-8-3-9-15-18)20(25-22)17-12-6-2-7-13-17/h1-15,19,23H,(H2,24,25,26). The molecular formula is C22H19N3O. The Morgan fingerprint density at radius 1 is 0.731 bits per heavy atom. The van der Waals surface area contributed by atoms with Crippen LogP contribution in [-0.2, 0) is 0 Å². The fraction of sp³-hybridized carbons (Fsp3) is 0.0455. The van der Waals surface area contributed by atoms with Crippen molar-refractivity contribution in [3.05, 3.63) is 108 Å². The third kappa shape index (κ3) is 3.30. The first-order valence-electron chi connectivity index (χ1n) is 8.55. The zero-order valence-corrected chi connectivity index (χ0v) is 14.1. The second kappa shape index (κ2) is 7.15. The fourth-order valence-electron chi connectivity index (χ4n) is 3.10. The molecule has 1 aliphatic rings. The van der Waals surface area contributed by atoms with E-state index in [0.717, 1.165) is 28.2 Å². The summed E-state index contributed by atoms with van der Waals surface area (Å²) >= 11 is 0. The first-order valence-corrected chi connectivity index (χ1v) is 8.55. The van der Waals surface area contributed by atoms with Crippen LogP contribution in [0.4, 0.5) is 10.5 Å². The van der Waals surface area contributed by atoms with Crippen LogP contribution in [-0.4, -0.2) is 6.03 Å². The predicted molar refractivity (Wildman–Crippen MR) is 104 cm³/mol. The number of carbonyl (C=O) groups is 1. The monoisotopic (exact) mass is 341 g/mol. The summed E-state index contributed by atoms with van der Waals surface area (Å²) < 4.78 is 0. The predicted octanol–water partition coefficient (Wildman–Crippen LogP) is 4.52. The molecule has 0 radical (unpaired) electrons. The van der Waals surface area contributed by atoms with Crippen LogP contribution in [0.2, 0.25) is 0 Å². The topological polar surface area (TPSA) is 53.2 Å². The van der Waals surface area contributed by atoms with Gasteiger partial charge in [-0.05, 0) is 23.3 Å². The first-order chi connectivity index (χ1) is 12.8. The molecular weight excluding hydrogens is 322 g/mol. The van der Waals surface area contributed by atoms with Crippen LogP contribution in [0.5, 0.6) is 0 Å². The van der Waals surface area contributed by atoms with Gasteiger partial charge in [-0.25, -0.2) is 4.79 Å². The highest BCUT2D eigenvalue weighted by molar-refractivity contribution is 5.91. The van der Waals surface area contributed by atoms with Crippen molar-refractivity contribution in [2.45, 2.75) is 6.04 Å². The maximum Gasteiger partial charge on any atom is 0.320 e. The van der Waals surface area contributed by atoms with E-state index in [2.05, 4.69) is 16.0 Å². The molecule has 1 atom stereocenters. The van der Waals surface area contributed by atoms with Gasteiger partial charge in [0.2, 0.25) is 0 Å². The van der Waals surface area contributed by atoms with Gasteiger partial charge in [-0.1, -0.05) is 78.9 Å². The Labute approximate surface area is 152 Å². The van der Waals surface area contributed by atoms with E-state index >= 15 is 0 Å². The second-order valence-electron chi connectivity index (χ2n) is 6.09. The molecule has 0 spiro atoms. The van der Waals surface area contributed by atoms with Crippen LogP contribution >= 0.6 is 0 Å². The number of carbonyl (C=O) groups excluding carboxylic acids is 1. The maximum atomic E-state index is 12.3. The number of amides is 2. The van der Waals surface area contributed by atoms with Crippen molar-refractivity contribution in [3.8, 4) is 0 Å². The Bertz CT molecular complexity index is 921. The van der Waals surface area contributed by atoms with Gasteiger partial charge in [-0.3, -0.25) is 0 Å². The molecule has 1 heterocycles. The Balaban J connectivity index is 1.85. The number of nitrogens with one attached hydrogen (secondary N) is 3. The summed E-state index contributed by atoms with van der Waals surface area (Å²) in [6.45, 7) is 0. The molecule has 3 aromatic rings. The average molecular weight is 341 g/mol. The minimum Gasteiger partial charge on any atom is -0.355 e. The Morgan fingerprint density at radius 3 is 1.96 bits per heavy atom. The summed E-state index contributed by atoms with van der Waals surface area (Å²) in [4.78, 5) is 12.3. The van der Waals surface area contributed by atoms with Crippen LogP contribution in [0.25, 0.3) is 5.70 Å². The van der Waals surface area contributed by atoms with Crippen molar-refractivity contribution < 1.29 is 4.79 Å². The number of urea groups is 1. The lowest BCUT2D eigenvalue weighted by molar-refractivity contribution is 0.241. The molecule has 3 aromatic carbocycles. The molecule has 0 bridgehead atoms. The summed E-state index contributed by atoms with van der Waals surface area (Å²) in [6, 6.07) is 29.3. The third-order valence-electron chi connectivity index (χ3n) is 4.32. The van der Waals surface area contributed by atoms with Crippen LogP contribution in [0.3, 0.4) is 0 Å². The van der Waals surface area contributed by atoms with E-state index < -0.39 is 0 Å². The number of para-hydroxylation sites is 1. The molecule has 4 nitrogen and oxygen atoms in total. The summed E-state index contributed by atoms with van der Waals surface area (Å²) in [5.41, 5.74) is 4.64. The second-order valence-corrected chi connectivity index (χ2v) is 6.09. The van der Waals surface area contributed by atoms with E-state index in [1.807, 2.05) is 91.0 Å². The highest BCUT2D eigenvalue weighted by Gasteiger charge is 2.29. The van der Waals surface area contributed by atoms with E-state index in [1.165, 1.54) is 0 Å². The molecule has 0 aromatic heterocycles. The van der Waals surface area contributed by atoms with Crippen molar-refractivity contribution >= 4 is 17.4 Å². The molecule has 26 heavy (non-hydrogen) atoms. The summed E-state index contributed by atoms with van der Waals surface area (Å²) in [5, 5.41) is 9.50. The smallest absolute Gasteiger partial charge is 0.320 e. The molecule has 0 saturated heterocycles. The van der Waals surface area contributed by atoms with Crippen LogP contribution < -0.4 is 16.0 Å². The molecule has 1 unspecified atom stereocenters. The van der Waals surface area contributed by atoms with Gasteiger partial charge in [-0.15, -0.1) is 0 Å². The van der Waals surface area contributed by atoms with Gasteiger partial charge in [-0.2, -0.15) is 0 Å². The van der Waals surface area contributed by atoms with Crippen LogP contribution in [0.1, 0.15) is 17.2 Å². The Morgan fingerprint density at radius 2 is 1.31 bits per heavy atom. The molecule has 0 saturated carbocycles. The highest BCUT2D eigenvalue weighted by atomic mass is 16.2. The molecule has 3 N–H and O–H groups in total. The van der Waals surface area contributed by atoms with Crippen molar-refractivity contribution in [1.82, 2.24) is 10.6 Å². The lowest BCUT2D eigenvalue weighted by Gasteiger charge is -2.31. The zero-order valence-electron chi connectivity index (χ0n) is 14.1. The SMILES string of the molecule is O=C1NC(c2ccccc2)=C(Nc2ccccc2)C(c2ccccc2)N1. The van der Waals surface area contributed by atoms with Gasteiger partial charge >= 0.3 is 6.03 Å². The zero-order chi connectivity index (χ0) is 17.8. The molecule has 2 amide bonds. The van der Waals surface area contributed by atoms with Crippen LogP contribution in [0.15, 0.2) is 96.7 Å². The van der Waals surface area contributed by atoms with E-state index in [4.69, 9.17) is 0 Å². The molecule has 4 rings (SSSR count). The first kappa shape index (κ1) is 16.0. The number of hydrogen-bond acceptors (Lipinski definition) is 2. The van der Waals surface area contributed by atoms with Crippen molar-refractivity contribution in [1.29, 1.82) is 0 Å². The largest absolute Gasteiger partial charge is 0.355 e. The Kier molecular flexibility index (Phi) is 4.39. The highest BCUT2D eigenvalue weighted by Crippen LogP contribution is 2.31. The van der Waals surface area contributed by atoms with Crippen molar-refractivity contribution in [3.63, 3.8) is 0 Å². The lowest BCUT2D eigenvalue weighted by atomic mass is 9.97. The summed E-state index contributed by atoms with van der Waals surface area (Å²) in [7, 11) is 0. The summed E-state index contributed by atoms with van der Waals surface area (Å²) in [5.74, 6) is 0. The van der Waals surface area contributed by atoms with Gasteiger partial charge in [0.05, 0.1) is 17.4 Å². The van der Waals surface area contributed by atoms with E-state index in [-0.39, 0.29) is 12.1 Å². The maximum absolute atomic E-state index is 12.3. The lowest BCUT2D eigenvalue weighted by Crippen LogP contribution is -2.45. The average Bonchev–Trinajstić information content (AvgIpc) is 2.71. The molecule has 0 fully saturated rings. The molecule has 1 aliphatic heterocycles. The van der Waals surface area contributed by atoms with E-state index in [0.29, 0.717) is 0 Å². The van der Waals surface area contributed by atoms with Crippen molar-refractivity contribution in [2.75, 3.05) is 5.32 Å². The van der Waals surface area contributed by atoms with Gasteiger partial charge < -0.3 is 16.0 Å². The normalized spacial score (nSPS) is 16.6. The van der Waals surface area contributed by atoms with Gasteiger partial charge in [0.15, 0.2) is 0 Å². The number of rotatable bonds is 4. The molecule has 0 aliphatic carbocycles. The molecule has 4 heteroatoms. The quantitative estimate of drug-likeness (QED) is 0.653. The minimum absolute atomic E-state index is 0.212. The fourth-order valence-corrected chi connectivity index (χ4v) is 3.10. The van der Waals surface area contributed by atoms with Gasteiger partial charge in [0.25, 0.3) is 0 Å². The number of hydrogen-bond donors (Lipinski definition) is 3. The van der Waals surface area contributed by atoms with Crippen molar-refractivity contribution in [2.24, 2.45) is 0 Å². The Hall–Kier alpha value is -3.53.